The summed E-state index contributed by atoms with van der Waals surface area (Å²) in [7, 11) is 0. The molecule has 30 heavy (non-hydrogen) atoms. The minimum Gasteiger partial charge on any atom is -0.330 e. The summed E-state index contributed by atoms with van der Waals surface area (Å²) in [6.45, 7) is 1.02. The Bertz CT molecular complexity index is 1000. The van der Waals surface area contributed by atoms with Crippen molar-refractivity contribution >= 4 is 46.4 Å². The number of hydrogen-bond donors (Lipinski definition) is 2. The fraction of sp³-hybridized carbons (Fsp3) is 0.130. The Morgan fingerprint density at radius 2 is 1.50 bits per heavy atom. The summed E-state index contributed by atoms with van der Waals surface area (Å²) in [5.41, 5.74) is 7.86. The van der Waals surface area contributed by atoms with Crippen molar-refractivity contribution in [2.24, 2.45) is 5.73 Å². The number of nitrogens with one attached hydrogen (secondary N) is 1. The summed E-state index contributed by atoms with van der Waals surface area (Å²) in [6, 6.07) is 20.8. The number of para-hydroxylation sites is 1. The van der Waals surface area contributed by atoms with Crippen molar-refractivity contribution in [3.8, 4) is 0 Å². The zero-order valence-electron chi connectivity index (χ0n) is 16.1. The monoisotopic (exact) mass is 441 g/mol. The molecule has 0 saturated carbocycles. The highest BCUT2D eigenvalue weighted by Gasteiger charge is 2.17. The lowest BCUT2D eigenvalue weighted by Gasteiger charge is -2.23. The first-order valence-electron chi connectivity index (χ1n) is 9.42. The molecule has 5 nitrogen and oxygen atoms in total. The van der Waals surface area contributed by atoms with E-state index in [1.807, 2.05) is 30.3 Å². The normalized spacial score (nSPS) is 10.5. The number of rotatable bonds is 7. The third-order valence-electron chi connectivity index (χ3n) is 4.41. The lowest BCUT2D eigenvalue weighted by Crippen LogP contribution is -2.32. The molecule has 0 bridgehead atoms. The molecule has 0 radical (unpaired) electrons. The molecule has 0 unspecified atom stereocenters. The van der Waals surface area contributed by atoms with E-state index in [1.165, 1.54) is 12.1 Å². The average Bonchev–Trinajstić information content (AvgIpc) is 2.74. The molecule has 7 heteroatoms. The Morgan fingerprint density at radius 1 is 0.867 bits per heavy atom. The van der Waals surface area contributed by atoms with Crippen LogP contribution in [0.25, 0.3) is 0 Å². The first-order valence-corrected chi connectivity index (χ1v) is 10.2. The Morgan fingerprint density at radius 3 is 2.10 bits per heavy atom. The summed E-state index contributed by atoms with van der Waals surface area (Å²) in [4.78, 5) is 27.2. The maximum atomic E-state index is 13.0. The molecule has 0 aromatic heterocycles. The van der Waals surface area contributed by atoms with Crippen LogP contribution in [0.3, 0.4) is 0 Å². The molecule has 154 valence electrons. The van der Waals surface area contributed by atoms with Crippen molar-refractivity contribution in [2.75, 3.05) is 23.3 Å². The van der Waals surface area contributed by atoms with Gasteiger partial charge in [-0.15, -0.1) is 0 Å². The number of amides is 2. The van der Waals surface area contributed by atoms with Crippen LogP contribution in [0.1, 0.15) is 27.1 Å². The van der Waals surface area contributed by atoms with Gasteiger partial charge < -0.3 is 16.0 Å². The number of carbonyl (C=O) groups is 2. The van der Waals surface area contributed by atoms with Gasteiger partial charge in [-0.25, -0.2) is 0 Å². The Labute approximate surface area is 185 Å². The van der Waals surface area contributed by atoms with Crippen LogP contribution in [-0.4, -0.2) is 24.9 Å². The van der Waals surface area contributed by atoms with Crippen LogP contribution in [0.2, 0.25) is 10.0 Å². The zero-order chi connectivity index (χ0) is 21.5. The van der Waals surface area contributed by atoms with E-state index in [0.717, 1.165) is 5.69 Å². The highest BCUT2D eigenvalue weighted by molar-refractivity contribution is 6.35. The second-order valence-electron chi connectivity index (χ2n) is 6.62. The molecular weight excluding hydrogens is 421 g/mol. The summed E-state index contributed by atoms with van der Waals surface area (Å²) in [5, 5.41) is 3.54. The summed E-state index contributed by atoms with van der Waals surface area (Å²) in [6.07, 6.45) is 0.691. The average molecular weight is 442 g/mol. The van der Waals surface area contributed by atoms with Gasteiger partial charge in [0.15, 0.2) is 0 Å². The van der Waals surface area contributed by atoms with Crippen LogP contribution in [0.4, 0.5) is 11.4 Å². The number of nitrogens with two attached hydrogens (primary N) is 1. The van der Waals surface area contributed by atoms with E-state index in [9.17, 15) is 9.59 Å². The van der Waals surface area contributed by atoms with Gasteiger partial charge in [-0.1, -0.05) is 41.4 Å². The van der Waals surface area contributed by atoms with Crippen molar-refractivity contribution in [1.82, 2.24) is 0 Å². The van der Waals surface area contributed by atoms with E-state index in [0.29, 0.717) is 46.4 Å². The predicted octanol–water partition coefficient (Wildman–Crippen LogP) is 5.24. The van der Waals surface area contributed by atoms with E-state index in [4.69, 9.17) is 28.9 Å². The van der Waals surface area contributed by atoms with Crippen LogP contribution in [-0.2, 0) is 0 Å². The third-order valence-corrected chi connectivity index (χ3v) is 4.85. The topological polar surface area (TPSA) is 75.4 Å². The van der Waals surface area contributed by atoms with Crippen LogP contribution in [0.15, 0.2) is 72.8 Å². The minimum absolute atomic E-state index is 0.130. The van der Waals surface area contributed by atoms with Crippen LogP contribution >= 0.6 is 23.2 Å². The third kappa shape index (κ3) is 5.60. The second-order valence-corrected chi connectivity index (χ2v) is 7.50. The predicted molar refractivity (Wildman–Crippen MR) is 123 cm³/mol. The number of anilines is 2. The van der Waals surface area contributed by atoms with E-state index in [1.54, 1.807) is 35.2 Å². The molecule has 3 aromatic rings. The molecule has 0 spiro atoms. The van der Waals surface area contributed by atoms with Gasteiger partial charge in [0, 0.05) is 39.1 Å². The summed E-state index contributed by atoms with van der Waals surface area (Å²) < 4.78 is 0. The second kappa shape index (κ2) is 10.3. The molecule has 0 fully saturated rings. The zero-order valence-corrected chi connectivity index (χ0v) is 17.7. The van der Waals surface area contributed by atoms with Gasteiger partial charge in [0.2, 0.25) is 0 Å². The molecule has 0 aliphatic heterocycles. The largest absolute Gasteiger partial charge is 0.330 e. The molecule has 0 aliphatic carbocycles. The van der Waals surface area contributed by atoms with Gasteiger partial charge in [0.25, 0.3) is 11.8 Å². The van der Waals surface area contributed by atoms with Gasteiger partial charge in [0.05, 0.1) is 0 Å². The molecule has 0 atom stereocenters. The lowest BCUT2D eigenvalue weighted by molar-refractivity contribution is 0.0985. The maximum Gasteiger partial charge on any atom is 0.258 e. The molecule has 3 rings (SSSR count). The van der Waals surface area contributed by atoms with Crippen molar-refractivity contribution in [1.29, 1.82) is 0 Å². The van der Waals surface area contributed by atoms with Crippen LogP contribution < -0.4 is 16.0 Å². The molecular formula is C23H21Cl2N3O2. The Balaban J connectivity index is 1.75. The Hall–Kier alpha value is -2.86. The number of nitrogens with zero attached hydrogens (tertiary/aromatic N) is 1. The van der Waals surface area contributed by atoms with E-state index in [-0.39, 0.29) is 11.8 Å². The van der Waals surface area contributed by atoms with Gasteiger partial charge in [-0.05, 0) is 67.6 Å². The fourth-order valence-electron chi connectivity index (χ4n) is 2.95. The van der Waals surface area contributed by atoms with Crippen LogP contribution in [0, 0.1) is 0 Å². The highest BCUT2D eigenvalue weighted by atomic mass is 35.5. The van der Waals surface area contributed by atoms with E-state index in [2.05, 4.69) is 5.32 Å². The minimum atomic E-state index is -0.340. The van der Waals surface area contributed by atoms with Crippen molar-refractivity contribution < 1.29 is 9.59 Å². The number of hydrogen-bond acceptors (Lipinski definition) is 3. The summed E-state index contributed by atoms with van der Waals surface area (Å²) >= 11 is 11.9. The van der Waals surface area contributed by atoms with Gasteiger partial charge >= 0.3 is 0 Å². The van der Waals surface area contributed by atoms with Crippen LogP contribution in [0.5, 0.6) is 0 Å². The SMILES string of the molecule is NCCCN(C(=O)c1ccc(NC(=O)c2cc(Cl)cc(Cl)c2)cc1)c1ccccc1. The molecule has 0 aliphatic rings. The van der Waals surface area contributed by atoms with Gasteiger partial charge in [-0.3, -0.25) is 9.59 Å². The fourth-order valence-corrected chi connectivity index (χ4v) is 3.47. The van der Waals surface area contributed by atoms with Crippen molar-refractivity contribution in [3.63, 3.8) is 0 Å². The first kappa shape index (κ1) is 21.8. The molecule has 3 N–H and O–H groups in total. The molecule has 0 heterocycles. The lowest BCUT2D eigenvalue weighted by atomic mass is 10.1. The standard InChI is InChI=1S/C23H21Cl2N3O2/c24-18-13-17(14-19(25)15-18)22(29)27-20-9-7-16(8-10-20)23(30)28(12-4-11-26)21-5-2-1-3-6-21/h1-3,5-10,13-15H,4,11-12,26H2,(H,27,29). The molecule has 3 aromatic carbocycles. The van der Waals surface area contributed by atoms with Gasteiger partial charge in [0.1, 0.15) is 0 Å². The quantitative estimate of drug-likeness (QED) is 0.526. The number of benzene rings is 3. The smallest absolute Gasteiger partial charge is 0.258 e. The highest BCUT2D eigenvalue weighted by Crippen LogP contribution is 2.21. The first-order chi connectivity index (χ1) is 14.5. The molecule has 0 saturated heterocycles. The maximum absolute atomic E-state index is 13.0. The summed E-state index contributed by atoms with van der Waals surface area (Å²) in [5.74, 6) is -0.471. The van der Waals surface area contributed by atoms with Crippen molar-refractivity contribution in [2.45, 2.75) is 6.42 Å². The van der Waals surface area contributed by atoms with E-state index < -0.39 is 0 Å². The number of halogens is 2. The molecule has 2 amide bonds. The van der Waals surface area contributed by atoms with Gasteiger partial charge in [-0.2, -0.15) is 0 Å². The Kier molecular flexibility index (Phi) is 7.46. The van der Waals surface area contributed by atoms with E-state index >= 15 is 0 Å². The number of carbonyl (C=O) groups excluding carboxylic acids is 2. The van der Waals surface area contributed by atoms with Crippen molar-refractivity contribution in [3.05, 3.63) is 94.0 Å².